The van der Waals surface area contributed by atoms with E-state index >= 15 is 0 Å². The fourth-order valence-electron chi connectivity index (χ4n) is 3.84. The number of aromatic nitrogens is 2. The van der Waals surface area contributed by atoms with Gasteiger partial charge in [0, 0.05) is 37.9 Å². The zero-order chi connectivity index (χ0) is 20.8. The molecule has 0 aromatic carbocycles. The first kappa shape index (κ1) is 22.4. The van der Waals surface area contributed by atoms with Gasteiger partial charge in [-0.1, -0.05) is 20.8 Å². The molecule has 1 unspecified atom stereocenters. The molecule has 0 saturated carbocycles. The van der Waals surface area contributed by atoms with Crippen molar-refractivity contribution in [3.63, 3.8) is 0 Å². The number of amides is 2. The van der Waals surface area contributed by atoms with E-state index < -0.39 is 0 Å². The maximum absolute atomic E-state index is 12.6. The molecule has 1 fully saturated rings. The minimum atomic E-state index is -0.113. The van der Waals surface area contributed by atoms with Crippen LogP contribution in [-0.2, 0) is 40.6 Å². The first-order valence-corrected chi connectivity index (χ1v) is 10.5. The van der Waals surface area contributed by atoms with Crippen molar-refractivity contribution in [1.29, 1.82) is 0 Å². The molecule has 2 amide bonds. The van der Waals surface area contributed by atoms with E-state index in [1.54, 1.807) is 0 Å². The highest BCUT2D eigenvalue weighted by atomic mass is 16.5. The first-order valence-electron chi connectivity index (χ1n) is 10.5. The van der Waals surface area contributed by atoms with Crippen LogP contribution in [0.1, 0.15) is 57.5 Å². The molecular weight excluding hydrogens is 356 g/mol. The Bertz CT molecular complexity index is 685. The number of aryl methyl sites for hydroxylation is 2. The van der Waals surface area contributed by atoms with Gasteiger partial charge in [0.15, 0.2) is 0 Å². The van der Waals surface area contributed by atoms with Crippen molar-refractivity contribution in [2.24, 2.45) is 13.0 Å². The molecule has 2 heterocycles. The number of hydrogen-bond acceptors (Lipinski definition) is 4. The molecule has 7 nitrogen and oxygen atoms in total. The van der Waals surface area contributed by atoms with Gasteiger partial charge in [0.05, 0.1) is 30.7 Å². The quantitative estimate of drug-likeness (QED) is 0.696. The van der Waals surface area contributed by atoms with Gasteiger partial charge < -0.3 is 15.0 Å². The van der Waals surface area contributed by atoms with Crippen molar-refractivity contribution in [2.75, 3.05) is 20.2 Å². The number of carbonyl (C=O) groups excluding carboxylic acids is 2. The number of carbonyl (C=O) groups is 2. The Labute approximate surface area is 168 Å². The van der Waals surface area contributed by atoms with Crippen molar-refractivity contribution < 1.29 is 14.3 Å². The van der Waals surface area contributed by atoms with E-state index in [1.807, 2.05) is 23.7 Å². The summed E-state index contributed by atoms with van der Waals surface area (Å²) < 4.78 is 7.65. The van der Waals surface area contributed by atoms with Gasteiger partial charge in [0.2, 0.25) is 11.8 Å². The molecule has 1 aliphatic rings. The van der Waals surface area contributed by atoms with Crippen molar-refractivity contribution in [3.05, 3.63) is 17.0 Å². The molecule has 0 bridgehead atoms. The third-order valence-electron chi connectivity index (χ3n) is 5.92. The van der Waals surface area contributed by atoms with Crippen LogP contribution in [0.4, 0.5) is 0 Å². The molecule has 1 saturated heterocycles. The van der Waals surface area contributed by atoms with Crippen LogP contribution in [0.15, 0.2) is 0 Å². The van der Waals surface area contributed by atoms with E-state index in [2.05, 4.69) is 38.1 Å². The van der Waals surface area contributed by atoms with Crippen LogP contribution in [0, 0.1) is 5.92 Å². The highest BCUT2D eigenvalue weighted by molar-refractivity contribution is 5.80. The van der Waals surface area contributed by atoms with Crippen molar-refractivity contribution in [1.82, 2.24) is 20.0 Å². The monoisotopic (exact) mass is 392 g/mol. The van der Waals surface area contributed by atoms with Gasteiger partial charge in [-0.05, 0) is 32.6 Å². The second kappa shape index (κ2) is 10.0. The molecule has 28 heavy (non-hydrogen) atoms. The largest absolute Gasteiger partial charge is 0.376 e. The maximum atomic E-state index is 12.6. The number of nitrogens with zero attached hydrogens (tertiary/aromatic N) is 3. The van der Waals surface area contributed by atoms with Crippen LogP contribution >= 0.6 is 0 Å². The van der Waals surface area contributed by atoms with Crippen LogP contribution in [0.3, 0.4) is 0 Å². The van der Waals surface area contributed by atoms with Gasteiger partial charge in [0.25, 0.3) is 0 Å². The molecule has 0 aliphatic carbocycles. The summed E-state index contributed by atoms with van der Waals surface area (Å²) in [6.07, 6.45) is 3.50. The molecule has 7 heteroatoms. The van der Waals surface area contributed by atoms with Gasteiger partial charge in [-0.25, -0.2) is 0 Å². The lowest BCUT2D eigenvalue weighted by Crippen LogP contribution is -2.39. The van der Waals surface area contributed by atoms with Gasteiger partial charge >= 0.3 is 0 Å². The third-order valence-corrected chi connectivity index (χ3v) is 5.92. The molecule has 0 radical (unpaired) electrons. The molecular formula is C21H36N4O3. The number of hydrogen-bond donors (Lipinski definition) is 1. The smallest absolute Gasteiger partial charge is 0.228 e. The van der Waals surface area contributed by atoms with E-state index in [0.717, 1.165) is 36.2 Å². The molecule has 1 aromatic rings. The Balaban J connectivity index is 1.85. The zero-order valence-electron chi connectivity index (χ0n) is 18.2. The second-order valence-electron chi connectivity index (χ2n) is 7.78. The van der Waals surface area contributed by atoms with E-state index in [4.69, 9.17) is 4.74 Å². The molecule has 0 spiro atoms. The standard InChI is InChI=1S/C21H36N4O3/c1-7-14(4)24(5)21(27)15-10-16(28-13-15)12-22-20(26)11-17-18(8-2)23-25(6)19(17)9-3/h14-16H,7-13H2,1-6H3,(H,22,26)/t14?,15-,16-/m0/s1. The summed E-state index contributed by atoms with van der Waals surface area (Å²) >= 11 is 0. The fraction of sp³-hybridized carbons (Fsp3) is 0.762. The summed E-state index contributed by atoms with van der Waals surface area (Å²) in [5.74, 6) is 0.00354. The van der Waals surface area contributed by atoms with E-state index in [-0.39, 0.29) is 29.9 Å². The normalized spacial score (nSPS) is 20.2. The van der Waals surface area contributed by atoms with E-state index in [9.17, 15) is 9.59 Å². The lowest BCUT2D eigenvalue weighted by atomic mass is 10.0. The maximum Gasteiger partial charge on any atom is 0.228 e. The first-order chi connectivity index (χ1) is 13.3. The summed E-state index contributed by atoms with van der Waals surface area (Å²) in [6.45, 7) is 9.15. The number of rotatable bonds is 9. The van der Waals surface area contributed by atoms with Crippen LogP contribution < -0.4 is 5.32 Å². The van der Waals surface area contributed by atoms with Crippen molar-refractivity contribution >= 4 is 11.8 Å². The van der Waals surface area contributed by atoms with E-state index in [1.165, 1.54) is 0 Å². The summed E-state index contributed by atoms with van der Waals surface area (Å²) in [6, 6.07) is 0.228. The Morgan fingerprint density at radius 1 is 1.32 bits per heavy atom. The molecule has 2 rings (SSSR count). The lowest BCUT2D eigenvalue weighted by Gasteiger charge is -2.26. The average Bonchev–Trinajstić information content (AvgIpc) is 3.28. The number of ether oxygens (including phenoxy) is 1. The number of nitrogens with one attached hydrogen (secondary N) is 1. The summed E-state index contributed by atoms with van der Waals surface area (Å²) in [5, 5.41) is 7.51. The zero-order valence-corrected chi connectivity index (χ0v) is 18.2. The minimum absolute atomic E-state index is 0.0208. The molecule has 3 atom stereocenters. The van der Waals surface area contributed by atoms with Crippen LogP contribution in [0.2, 0.25) is 0 Å². The molecule has 1 N–H and O–H groups in total. The summed E-state index contributed by atoms with van der Waals surface area (Å²) in [7, 11) is 3.79. The SMILES string of the molecule is CCc1nn(C)c(CC)c1CC(=O)NC[C@@H]1C[C@H](C(=O)N(C)C(C)CC)CO1. The van der Waals surface area contributed by atoms with Gasteiger partial charge in [-0.15, -0.1) is 0 Å². The van der Waals surface area contributed by atoms with Gasteiger partial charge in [-0.3, -0.25) is 14.3 Å². The topological polar surface area (TPSA) is 76.5 Å². The van der Waals surface area contributed by atoms with Gasteiger partial charge in [0.1, 0.15) is 0 Å². The Morgan fingerprint density at radius 2 is 2.04 bits per heavy atom. The average molecular weight is 393 g/mol. The predicted octanol–water partition coefficient (Wildman–Crippen LogP) is 1.87. The third kappa shape index (κ3) is 5.13. The van der Waals surface area contributed by atoms with Crippen LogP contribution in [0.5, 0.6) is 0 Å². The van der Waals surface area contributed by atoms with Crippen LogP contribution in [-0.4, -0.2) is 58.8 Å². The Kier molecular flexibility index (Phi) is 8.04. The molecule has 158 valence electrons. The Hall–Kier alpha value is -1.89. The van der Waals surface area contributed by atoms with E-state index in [0.29, 0.717) is 26.0 Å². The van der Waals surface area contributed by atoms with Crippen molar-refractivity contribution in [3.8, 4) is 0 Å². The highest BCUT2D eigenvalue weighted by Crippen LogP contribution is 2.22. The highest BCUT2D eigenvalue weighted by Gasteiger charge is 2.33. The lowest BCUT2D eigenvalue weighted by molar-refractivity contribution is -0.136. The molecule has 1 aliphatic heterocycles. The minimum Gasteiger partial charge on any atom is -0.376 e. The predicted molar refractivity (Wildman–Crippen MR) is 109 cm³/mol. The summed E-state index contributed by atoms with van der Waals surface area (Å²) in [5.41, 5.74) is 3.15. The fourth-order valence-corrected chi connectivity index (χ4v) is 3.84. The Morgan fingerprint density at radius 3 is 2.64 bits per heavy atom. The van der Waals surface area contributed by atoms with Crippen molar-refractivity contribution in [2.45, 2.75) is 71.9 Å². The molecule has 1 aromatic heterocycles. The van der Waals surface area contributed by atoms with Gasteiger partial charge in [-0.2, -0.15) is 5.10 Å². The summed E-state index contributed by atoms with van der Waals surface area (Å²) in [4.78, 5) is 26.9. The second-order valence-corrected chi connectivity index (χ2v) is 7.78. The van der Waals surface area contributed by atoms with Crippen LogP contribution in [0.25, 0.3) is 0 Å².